The zero-order valence-electron chi connectivity index (χ0n) is 15.7. The maximum Gasteiger partial charge on any atom is 0.410 e. The van der Waals surface area contributed by atoms with Crippen LogP contribution >= 0.6 is 0 Å². The summed E-state index contributed by atoms with van der Waals surface area (Å²) in [6, 6.07) is 1.35. The van der Waals surface area contributed by atoms with Crippen molar-refractivity contribution in [1.82, 2.24) is 10.2 Å². The minimum absolute atomic E-state index is 0.143. The van der Waals surface area contributed by atoms with Crippen molar-refractivity contribution in [1.29, 1.82) is 0 Å². The molecule has 4 nitrogen and oxygen atoms in total. The number of rotatable bonds is 5. The Hall–Kier alpha value is -0.770. The van der Waals surface area contributed by atoms with Crippen LogP contribution in [0.2, 0.25) is 0 Å². The molecule has 4 heteroatoms. The number of carbonyl (C=O) groups is 1. The average Bonchev–Trinajstić information content (AvgIpc) is 3.06. The fraction of sp³-hybridized carbons (Fsp3) is 0.947. The van der Waals surface area contributed by atoms with E-state index in [-0.39, 0.29) is 6.09 Å². The van der Waals surface area contributed by atoms with Crippen molar-refractivity contribution >= 4 is 6.09 Å². The van der Waals surface area contributed by atoms with Crippen LogP contribution in [0.5, 0.6) is 0 Å². The number of nitrogens with zero attached hydrogens (tertiary/aromatic N) is 1. The zero-order valence-corrected chi connectivity index (χ0v) is 15.7. The summed E-state index contributed by atoms with van der Waals surface area (Å²) in [6.45, 7) is 11.2. The van der Waals surface area contributed by atoms with E-state index in [1.165, 1.54) is 25.7 Å². The van der Waals surface area contributed by atoms with Crippen LogP contribution in [-0.4, -0.2) is 41.3 Å². The molecule has 1 heterocycles. The summed E-state index contributed by atoms with van der Waals surface area (Å²) in [5.74, 6) is 0.836. The van der Waals surface area contributed by atoms with Gasteiger partial charge in [-0.15, -0.1) is 0 Å². The van der Waals surface area contributed by atoms with E-state index >= 15 is 0 Å². The Bertz CT molecular complexity index is 385. The van der Waals surface area contributed by atoms with Crippen LogP contribution in [0.1, 0.15) is 79.6 Å². The van der Waals surface area contributed by atoms with Gasteiger partial charge in [-0.3, -0.25) is 0 Å². The van der Waals surface area contributed by atoms with E-state index in [1.54, 1.807) is 0 Å². The lowest BCUT2D eigenvalue weighted by molar-refractivity contribution is 0.0213. The second kappa shape index (κ2) is 7.87. The van der Waals surface area contributed by atoms with Gasteiger partial charge < -0.3 is 15.0 Å². The molecule has 1 saturated heterocycles. The first kappa shape index (κ1) is 18.6. The molecule has 0 aromatic heterocycles. The molecule has 1 aliphatic carbocycles. The first-order valence-electron chi connectivity index (χ1n) is 9.52. The molecule has 23 heavy (non-hydrogen) atoms. The zero-order chi connectivity index (χ0) is 17.0. The van der Waals surface area contributed by atoms with Crippen molar-refractivity contribution in [2.24, 2.45) is 5.92 Å². The number of likely N-dealkylation sites (tertiary alicyclic amines) is 1. The van der Waals surface area contributed by atoms with Crippen molar-refractivity contribution in [3.05, 3.63) is 0 Å². The molecule has 0 radical (unpaired) electrons. The summed E-state index contributed by atoms with van der Waals surface area (Å²) in [5, 5.41) is 3.78. The fourth-order valence-electron chi connectivity index (χ4n) is 4.16. The first-order chi connectivity index (χ1) is 10.8. The van der Waals surface area contributed by atoms with E-state index in [0.29, 0.717) is 18.1 Å². The van der Waals surface area contributed by atoms with Crippen molar-refractivity contribution < 1.29 is 9.53 Å². The number of nitrogens with one attached hydrogen (secondary N) is 1. The summed E-state index contributed by atoms with van der Waals surface area (Å²) < 4.78 is 5.56. The lowest BCUT2D eigenvalue weighted by atomic mass is 9.97. The molecule has 2 rings (SSSR count). The third-order valence-corrected chi connectivity index (χ3v) is 5.29. The SMILES string of the molecule is CC(CC1CCCN1C(=O)OC(C)(C)C)N[C@H](C)C1CCCC1. The molecule has 0 aromatic rings. The predicted molar refractivity (Wildman–Crippen MR) is 94.6 cm³/mol. The van der Waals surface area contributed by atoms with Gasteiger partial charge >= 0.3 is 6.09 Å². The lowest BCUT2D eigenvalue weighted by Crippen LogP contribution is -2.45. The van der Waals surface area contributed by atoms with Gasteiger partial charge in [0.25, 0.3) is 0 Å². The van der Waals surface area contributed by atoms with E-state index in [4.69, 9.17) is 4.74 Å². The van der Waals surface area contributed by atoms with Crippen molar-refractivity contribution in [2.75, 3.05) is 6.54 Å². The smallest absolute Gasteiger partial charge is 0.410 e. The second-order valence-electron chi connectivity index (χ2n) is 8.61. The molecule has 2 fully saturated rings. The molecular weight excluding hydrogens is 288 g/mol. The van der Waals surface area contributed by atoms with Crippen molar-refractivity contribution in [3.63, 3.8) is 0 Å². The molecule has 1 amide bonds. The van der Waals surface area contributed by atoms with Gasteiger partial charge in [-0.2, -0.15) is 0 Å². The maximum absolute atomic E-state index is 12.4. The third-order valence-electron chi connectivity index (χ3n) is 5.29. The molecule has 134 valence electrons. The van der Waals surface area contributed by atoms with Gasteiger partial charge in [-0.25, -0.2) is 4.79 Å². The van der Waals surface area contributed by atoms with Crippen LogP contribution in [-0.2, 0) is 4.74 Å². The summed E-state index contributed by atoms with van der Waals surface area (Å²) in [6.07, 6.45) is 8.59. The molecule has 0 spiro atoms. The highest BCUT2D eigenvalue weighted by molar-refractivity contribution is 5.68. The summed E-state index contributed by atoms with van der Waals surface area (Å²) in [5.41, 5.74) is -0.412. The molecular formula is C19H36N2O2. The van der Waals surface area contributed by atoms with Crippen LogP contribution in [0.15, 0.2) is 0 Å². The number of amides is 1. The summed E-state index contributed by atoms with van der Waals surface area (Å²) in [4.78, 5) is 14.3. The van der Waals surface area contributed by atoms with Crippen LogP contribution < -0.4 is 5.32 Å². The number of carbonyl (C=O) groups excluding carboxylic acids is 1. The highest BCUT2D eigenvalue weighted by Crippen LogP contribution is 2.29. The third kappa shape index (κ3) is 5.66. The Morgan fingerprint density at radius 1 is 1.17 bits per heavy atom. The van der Waals surface area contributed by atoms with E-state index in [0.717, 1.165) is 31.7 Å². The van der Waals surface area contributed by atoms with Gasteiger partial charge in [0.2, 0.25) is 0 Å². The monoisotopic (exact) mass is 324 g/mol. The second-order valence-corrected chi connectivity index (χ2v) is 8.61. The van der Waals surface area contributed by atoms with Gasteiger partial charge in [-0.1, -0.05) is 12.8 Å². The van der Waals surface area contributed by atoms with Gasteiger partial charge in [0.05, 0.1) is 0 Å². The molecule has 1 N–H and O–H groups in total. The molecule has 1 saturated carbocycles. The topological polar surface area (TPSA) is 41.6 Å². The lowest BCUT2D eigenvalue weighted by Gasteiger charge is -2.31. The standard InChI is InChI=1S/C19H36N2O2/c1-14(20-15(2)16-9-6-7-10-16)13-17-11-8-12-21(17)18(22)23-19(3,4)5/h14-17,20H,6-13H2,1-5H3/t14?,15-,17?/m1/s1. The Labute approximate surface area is 142 Å². The number of hydrogen-bond donors (Lipinski definition) is 1. The minimum Gasteiger partial charge on any atom is -0.444 e. The molecule has 1 aliphatic heterocycles. The maximum atomic E-state index is 12.4. The van der Waals surface area contributed by atoms with Crippen molar-refractivity contribution in [3.8, 4) is 0 Å². The van der Waals surface area contributed by atoms with Gasteiger partial charge in [-0.05, 0) is 72.6 Å². The van der Waals surface area contributed by atoms with Crippen LogP contribution in [0, 0.1) is 5.92 Å². The summed E-state index contributed by atoms with van der Waals surface area (Å²) in [7, 11) is 0. The Kier molecular flexibility index (Phi) is 6.35. The minimum atomic E-state index is -0.412. The van der Waals surface area contributed by atoms with Gasteiger partial charge in [0, 0.05) is 24.7 Å². The Balaban J connectivity index is 1.81. The van der Waals surface area contributed by atoms with E-state index < -0.39 is 5.60 Å². The summed E-state index contributed by atoms with van der Waals surface area (Å²) >= 11 is 0. The van der Waals surface area contributed by atoms with Crippen LogP contribution in [0.25, 0.3) is 0 Å². The van der Waals surface area contributed by atoms with Crippen molar-refractivity contribution in [2.45, 2.75) is 103 Å². The molecule has 0 aromatic carbocycles. The average molecular weight is 325 g/mol. The molecule has 2 aliphatic rings. The normalized spacial score (nSPS) is 25.6. The molecule has 0 bridgehead atoms. The van der Waals surface area contributed by atoms with Gasteiger partial charge in [0.1, 0.15) is 5.60 Å². The van der Waals surface area contributed by atoms with Crippen LogP contribution in [0.3, 0.4) is 0 Å². The fourth-order valence-corrected chi connectivity index (χ4v) is 4.16. The largest absolute Gasteiger partial charge is 0.444 e. The van der Waals surface area contributed by atoms with E-state index in [9.17, 15) is 4.79 Å². The van der Waals surface area contributed by atoms with E-state index in [2.05, 4.69) is 19.2 Å². The van der Waals surface area contributed by atoms with Gasteiger partial charge in [0.15, 0.2) is 0 Å². The highest BCUT2D eigenvalue weighted by atomic mass is 16.6. The highest BCUT2D eigenvalue weighted by Gasteiger charge is 2.33. The molecule has 2 unspecified atom stereocenters. The predicted octanol–water partition coefficient (Wildman–Crippen LogP) is 4.33. The first-order valence-corrected chi connectivity index (χ1v) is 9.52. The molecule has 3 atom stereocenters. The van der Waals surface area contributed by atoms with Crippen LogP contribution in [0.4, 0.5) is 4.79 Å². The number of ether oxygens (including phenoxy) is 1. The quantitative estimate of drug-likeness (QED) is 0.818. The van der Waals surface area contributed by atoms with E-state index in [1.807, 2.05) is 25.7 Å². The Morgan fingerprint density at radius 3 is 2.43 bits per heavy atom. The number of hydrogen-bond acceptors (Lipinski definition) is 3. The Morgan fingerprint density at radius 2 is 1.83 bits per heavy atom.